The van der Waals surface area contributed by atoms with Crippen molar-refractivity contribution in [3.05, 3.63) is 0 Å². The largest absolute Gasteiger partial charge is 0.418 e. The van der Waals surface area contributed by atoms with Crippen LogP contribution in [0.2, 0.25) is 0 Å². The third kappa shape index (κ3) is 1.73. The lowest BCUT2D eigenvalue weighted by molar-refractivity contribution is -0.153. The molecule has 0 aromatic rings. The quantitative estimate of drug-likeness (QED) is 0.492. The fourth-order valence-corrected chi connectivity index (χ4v) is 2.66. The Morgan fingerprint density at radius 2 is 1.93 bits per heavy atom. The first-order chi connectivity index (χ1) is 7.11. The first-order valence-corrected chi connectivity index (χ1v) is 5.65. The fraction of sp³-hybridized carbons (Fsp3) is 0.818. The third-order valence-electron chi connectivity index (χ3n) is 3.34. The van der Waals surface area contributed by atoms with E-state index in [1.54, 1.807) is 4.90 Å². The number of ether oxygens (including phenoxy) is 1. The Labute approximate surface area is 89.6 Å². The van der Waals surface area contributed by atoms with Gasteiger partial charge in [0.05, 0.1) is 5.92 Å². The summed E-state index contributed by atoms with van der Waals surface area (Å²) in [4.78, 5) is 24.8. The Hall–Kier alpha value is -1.06. The molecule has 1 amide bonds. The van der Waals surface area contributed by atoms with E-state index in [1.165, 1.54) is 0 Å². The Morgan fingerprint density at radius 3 is 2.60 bits per heavy atom. The van der Waals surface area contributed by atoms with Crippen LogP contribution in [0.4, 0.5) is 4.79 Å². The van der Waals surface area contributed by atoms with Gasteiger partial charge in [-0.15, -0.1) is 0 Å². The maximum Gasteiger partial charge on any atom is 0.418 e. The first kappa shape index (κ1) is 10.5. The SMILES string of the molecule is CC(C)N1C(=O)OC(=O)C2CCCCC21. The predicted molar refractivity (Wildman–Crippen MR) is 54.2 cm³/mol. The van der Waals surface area contributed by atoms with E-state index in [4.69, 9.17) is 4.74 Å². The third-order valence-corrected chi connectivity index (χ3v) is 3.34. The van der Waals surface area contributed by atoms with Crippen LogP contribution in [-0.4, -0.2) is 29.0 Å². The number of fused-ring (bicyclic) bond motifs is 1. The monoisotopic (exact) mass is 211 g/mol. The lowest BCUT2D eigenvalue weighted by Gasteiger charge is -2.43. The smallest absolute Gasteiger partial charge is 0.376 e. The van der Waals surface area contributed by atoms with E-state index >= 15 is 0 Å². The summed E-state index contributed by atoms with van der Waals surface area (Å²) in [6, 6.07) is 0.184. The van der Waals surface area contributed by atoms with E-state index in [-0.39, 0.29) is 24.0 Å². The average Bonchev–Trinajstić information content (AvgIpc) is 2.17. The zero-order valence-corrected chi connectivity index (χ0v) is 9.23. The van der Waals surface area contributed by atoms with Gasteiger partial charge >= 0.3 is 12.1 Å². The molecule has 15 heavy (non-hydrogen) atoms. The molecule has 4 heteroatoms. The second kappa shape index (κ2) is 3.83. The number of esters is 1. The molecule has 2 rings (SSSR count). The predicted octanol–water partition coefficient (Wildman–Crippen LogP) is 1.93. The van der Waals surface area contributed by atoms with Crippen molar-refractivity contribution in [2.75, 3.05) is 0 Å². The highest BCUT2D eigenvalue weighted by molar-refractivity contribution is 5.89. The van der Waals surface area contributed by atoms with E-state index < -0.39 is 6.09 Å². The van der Waals surface area contributed by atoms with Crippen LogP contribution in [-0.2, 0) is 9.53 Å². The highest BCUT2D eigenvalue weighted by Crippen LogP contribution is 2.34. The molecule has 4 nitrogen and oxygen atoms in total. The van der Waals surface area contributed by atoms with Gasteiger partial charge in [0.15, 0.2) is 0 Å². The normalized spacial score (nSPS) is 31.5. The summed E-state index contributed by atoms with van der Waals surface area (Å²) in [5, 5.41) is 0. The minimum atomic E-state index is -0.460. The highest BCUT2D eigenvalue weighted by Gasteiger charge is 2.45. The zero-order valence-electron chi connectivity index (χ0n) is 9.23. The zero-order chi connectivity index (χ0) is 11.0. The van der Waals surface area contributed by atoms with Crippen LogP contribution in [0.15, 0.2) is 0 Å². The molecule has 1 aliphatic heterocycles. The van der Waals surface area contributed by atoms with Crippen LogP contribution in [0.5, 0.6) is 0 Å². The topological polar surface area (TPSA) is 46.6 Å². The molecule has 84 valence electrons. The van der Waals surface area contributed by atoms with Crippen molar-refractivity contribution in [3.63, 3.8) is 0 Å². The van der Waals surface area contributed by atoms with Crippen LogP contribution in [0.3, 0.4) is 0 Å². The van der Waals surface area contributed by atoms with Crippen LogP contribution in [0, 0.1) is 5.92 Å². The fourth-order valence-electron chi connectivity index (χ4n) is 2.66. The minimum Gasteiger partial charge on any atom is -0.376 e. The van der Waals surface area contributed by atoms with Crippen molar-refractivity contribution in [2.24, 2.45) is 5.92 Å². The number of nitrogens with zero attached hydrogens (tertiary/aromatic N) is 1. The molecule has 1 heterocycles. The van der Waals surface area contributed by atoms with Crippen LogP contribution < -0.4 is 0 Å². The minimum absolute atomic E-state index is 0.0764. The van der Waals surface area contributed by atoms with Gasteiger partial charge in [-0.2, -0.15) is 0 Å². The van der Waals surface area contributed by atoms with Gasteiger partial charge in [-0.1, -0.05) is 12.8 Å². The van der Waals surface area contributed by atoms with Gasteiger partial charge in [0.2, 0.25) is 0 Å². The molecule has 0 spiro atoms. The maximum atomic E-state index is 11.6. The van der Waals surface area contributed by atoms with E-state index in [1.807, 2.05) is 13.8 Å². The number of hydrogen-bond acceptors (Lipinski definition) is 3. The summed E-state index contributed by atoms with van der Waals surface area (Å²) in [5.74, 6) is -0.402. The Morgan fingerprint density at radius 1 is 1.27 bits per heavy atom. The lowest BCUT2D eigenvalue weighted by atomic mass is 9.82. The van der Waals surface area contributed by atoms with Crippen molar-refractivity contribution < 1.29 is 14.3 Å². The molecule has 0 aromatic heterocycles. The maximum absolute atomic E-state index is 11.6. The molecule has 0 bridgehead atoms. The number of hydrogen-bond donors (Lipinski definition) is 0. The second-order valence-corrected chi connectivity index (χ2v) is 4.65. The first-order valence-electron chi connectivity index (χ1n) is 5.65. The van der Waals surface area contributed by atoms with Crippen LogP contribution >= 0.6 is 0 Å². The average molecular weight is 211 g/mol. The number of amides is 1. The van der Waals surface area contributed by atoms with E-state index in [0.29, 0.717) is 0 Å². The standard InChI is InChI=1S/C11H17NO3/c1-7(2)12-9-6-4-3-5-8(9)10(13)15-11(12)14/h7-9H,3-6H2,1-2H3. The number of cyclic esters (lactones) is 2. The molecule has 2 atom stereocenters. The van der Waals surface area contributed by atoms with Gasteiger partial charge in [0, 0.05) is 12.1 Å². The van der Waals surface area contributed by atoms with Gasteiger partial charge in [-0.25, -0.2) is 4.79 Å². The second-order valence-electron chi connectivity index (χ2n) is 4.65. The molecule has 2 aliphatic rings. The van der Waals surface area contributed by atoms with Crippen LogP contribution in [0.1, 0.15) is 39.5 Å². The molecule has 2 unspecified atom stereocenters. The van der Waals surface area contributed by atoms with Crippen LogP contribution in [0.25, 0.3) is 0 Å². The summed E-state index contributed by atoms with van der Waals surface area (Å²) in [6.07, 6.45) is 3.50. The summed E-state index contributed by atoms with van der Waals surface area (Å²) >= 11 is 0. The van der Waals surface area contributed by atoms with Crippen molar-refractivity contribution in [2.45, 2.75) is 51.6 Å². The molecule has 0 aromatic carbocycles. The Kier molecular flexibility index (Phi) is 2.67. The molecule has 2 fully saturated rings. The number of carbonyl (C=O) groups excluding carboxylic acids is 2. The van der Waals surface area contributed by atoms with Crippen molar-refractivity contribution in [3.8, 4) is 0 Å². The lowest BCUT2D eigenvalue weighted by Crippen LogP contribution is -2.56. The number of rotatable bonds is 1. The molecule has 1 saturated heterocycles. The summed E-state index contributed by atoms with van der Waals surface area (Å²) < 4.78 is 4.78. The molecule has 1 aliphatic carbocycles. The van der Waals surface area contributed by atoms with E-state index in [2.05, 4.69) is 0 Å². The van der Waals surface area contributed by atoms with Gasteiger partial charge in [0.1, 0.15) is 0 Å². The van der Waals surface area contributed by atoms with Crippen molar-refractivity contribution >= 4 is 12.1 Å². The van der Waals surface area contributed by atoms with Crippen molar-refractivity contribution in [1.82, 2.24) is 4.90 Å². The molecular weight excluding hydrogens is 194 g/mol. The molecular formula is C11H17NO3. The summed E-state index contributed by atoms with van der Waals surface area (Å²) in [6.45, 7) is 3.92. The van der Waals surface area contributed by atoms with Gasteiger partial charge in [-0.05, 0) is 26.7 Å². The van der Waals surface area contributed by atoms with E-state index in [9.17, 15) is 9.59 Å². The molecule has 0 N–H and O–H groups in total. The Bertz CT molecular complexity index is 288. The van der Waals surface area contributed by atoms with E-state index in [0.717, 1.165) is 25.7 Å². The van der Waals surface area contributed by atoms with Crippen molar-refractivity contribution in [1.29, 1.82) is 0 Å². The summed E-state index contributed by atoms with van der Waals surface area (Å²) in [7, 11) is 0. The summed E-state index contributed by atoms with van der Waals surface area (Å²) in [5.41, 5.74) is 0. The van der Waals surface area contributed by atoms with Gasteiger partial charge in [0.25, 0.3) is 0 Å². The molecule has 1 saturated carbocycles. The molecule has 0 radical (unpaired) electrons. The number of carbonyl (C=O) groups is 2. The van der Waals surface area contributed by atoms with Gasteiger partial charge < -0.3 is 9.64 Å². The highest BCUT2D eigenvalue weighted by atomic mass is 16.6. The van der Waals surface area contributed by atoms with Gasteiger partial charge in [-0.3, -0.25) is 4.79 Å². The Balaban J connectivity index is 2.23.